The number of aromatic nitrogens is 2. The van der Waals surface area contributed by atoms with Gasteiger partial charge in [0, 0.05) is 19.3 Å². The van der Waals surface area contributed by atoms with Gasteiger partial charge in [0.25, 0.3) is 0 Å². The standard InChI is InChI=1S/C15H19ClN4O3S2/c1-9(24-15-20-19-14(25-15)17-6-7-22-2)13(21)18-10-4-5-12(23-3)11(16)8-10/h4-5,8-9H,6-7H2,1-3H3,(H,17,19)(H,18,21)/t9-/m0/s1. The summed E-state index contributed by atoms with van der Waals surface area (Å²) in [6.45, 7) is 3.06. The summed E-state index contributed by atoms with van der Waals surface area (Å²) in [5, 5.41) is 14.8. The number of carbonyl (C=O) groups is 1. The molecule has 2 rings (SSSR count). The summed E-state index contributed by atoms with van der Waals surface area (Å²) >= 11 is 8.81. The van der Waals surface area contributed by atoms with Gasteiger partial charge in [-0.3, -0.25) is 4.79 Å². The number of ether oxygens (including phenoxy) is 2. The van der Waals surface area contributed by atoms with E-state index >= 15 is 0 Å². The van der Waals surface area contributed by atoms with Crippen LogP contribution in [0.15, 0.2) is 22.5 Å². The highest BCUT2D eigenvalue weighted by molar-refractivity contribution is 8.02. The van der Waals surface area contributed by atoms with Gasteiger partial charge in [0.15, 0.2) is 4.34 Å². The van der Waals surface area contributed by atoms with Crippen molar-refractivity contribution in [1.29, 1.82) is 0 Å². The molecule has 1 aromatic carbocycles. The van der Waals surface area contributed by atoms with Crippen LogP contribution in [0.5, 0.6) is 5.75 Å². The van der Waals surface area contributed by atoms with Crippen molar-refractivity contribution >= 4 is 51.4 Å². The van der Waals surface area contributed by atoms with Gasteiger partial charge in [0.05, 0.1) is 24.0 Å². The van der Waals surface area contributed by atoms with Gasteiger partial charge in [0.1, 0.15) is 5.75 Å². The van der Waals surface area contributed by atoms with E-state index in [0.29, 0.717) is 34.7 Å². The SMILES string of the molecule is COCCNc1nnc(S[C@@H](C)C(=O)Nc2ccc(OC)c(Cl)c2)s1. The maximum atomic E-state index is 12.3. The number of nitrogens with zero attached hydrogens (tertiary/aromatic N) is 2. The van der Waals surface area contributed by atoms with Crippen molar-refractivity contribution in [2.24, 2.45) is 0 Å². The van der Waals surface area contributed by atoms with E-state index in [4.69, 9.17) is 21.1 Å². The predicted molar refractivity (Wildman–Crippen MR) is 102 cm³/mol. The van der Waals surface area contributed by atoms with Gasteiger partial charge in [-0.2, -0.15) is 0 Å². The molecule has 0 saturated carbocycles. The summed E-state index contributed by atoms with van der Waals surface area (Å²) in [6, 6.07) is 5.10. The van der Waals surface area contributed by atoms with E-state index < -0.39 is 0 Å². The third-order valence-electron chi connectivity index (χ3n) is 3.06. The van der Waals surface area contributed by atoms with Crippen LogP contribution in [0.25, 0.3) is 0 Å². The molecule has 0 bridgehead atoms. The molecule has 0 aliphatic rings. The fourth-order valence-corrected chi connectivity index (χ4v) is 3.96. The van der Waals surface area contributed by atoms with E-state index in [1.807, 2.05) is 6.92 Å². The number of methoxy groups -OCH3 is 2. The van der Waals surface area contributed by atoms with Crippen LogP contribution in [0.4, 0.5) is 10.8 Å². The van der Waals surface area contributed by atoms with Gasteiger partial charge in [0.2, 0.25) is 11.0 Å². The Hall–Kier alpha value is -1.55. The van der Waals surface area contributed by atoms with Crippen molar-refractivity contribution in [1.82, 2.24) is 10.2 Å². The quantitative estimate of drug-likeness (QED) is 0.491. The number of amides is 1. The molecule has 0 radical (unpaired) electrons. The van der Waals surface area contributed by atoms with Crippen molar-refractivity contribution in [3.63, 3.8) is 0 Å². The van der Waals surface area contributed by atoms with Crippen molar-refractivity contribution in [3.05, 3.63) is 23.2 Å². The number of nitrogens with one attached hydrogen (secondary N) is 2. The first-order valence-corrected chi connectivity index (χ1v) is 9.48. The molecule has 7 nitrogen and oxygen atoms in total. The Labute approximate surface area is 159 Å². The Morgan fingerprint density at radius 3 is 2.88 bits per heavy atom. The molecular formula is C15H19ClN4O3S2. The molecule has 1 heterocycles. The number of hydrogen-bond donors (Lipinski definition) is 2. The molecule has 0 spiro atoms. The summed E-state index contributed by atoms with van der Waals surface area (Å²) in [6.07, 6.45) is 0. The molecule has 0 saturated heterocycles. The van der Waals surface area contributed by atoms with E-state index in [2.05, 4.69) is 20.8 Å². The molecule has 10 heteroatoms. The van der Waals surface area contributed by atoms with Crippen LogP contribution in [0.1, 0.15) is 6.92 Å². The summed E-state index contributed by atoms with van der Waals surface area (Å²) < 4.78 is 10.8. The zero-order valence-corrected chi connectivity index (χ0v) is 16.4. The number of rotatable bonds is 9. The van der Waals surface area contributed by atoms with Crippen molar-refractivity contribution in [2.45, 2.75) is 16.5 Å². The average molecular weight is 403 g/mol. The van der Waals surface area contributed by atoms with Crippen LogP contribution in [-0.4, -0.2) is 48.7 Å². The molecule has 0 aliphatic carbocycles. The zero-order chi connectivity index (χ0) is 18.2. The van der Waals surface area contributed by atoms with Gasteiger partial charge in [-0.15, -0.1) is 10.2 Å². The zero-order valence-electron chi connectivity index (χ0n) is 14.0. The minimum atomic E-state index is -0.333. The normalized spacial score (nSPS) is 11.8. The largest absolute Gasteiger partial charge is 0.495 e. The molecule has 1 atom stereocenters. The molecule has 1 aromatic heterocycles. The Balaban J connectivity index is 1.88. The number of thioether (sulfide) groups is 1. The van der Waals surface area contributed by atoms with Crippen molar-refractivity contribution in [3.8, 4) is 5.75 Å². The molecule has 0 aliphatic heterocycles. The first-order valence-electron chi connectivity index (χ1n) is 7.41. The molecule has 2 N–H and O–H groups in total. The van der Waals surface area contributed by atoms with E-state index in [1.54, 1.807) is 32.4 Å². The number of benzene rings is 1. The first kappa shape index (κ1) is 19.8. The van der Waals surface area contributed by atoms with E-state index in [-0.39, 0.29) is 11.2 Å². The van der Waals surface area contributed by atoms with Crippen molar-refractivity contribution < 1.29 is 14.3 Å². The molecule has 136 valence electrons. The average Bonchev–Trinajstić information content (AvgIpc) is 3.02. The summed E-state index contributed by atoms with van der Waals surface area (Å²) in [4.78, 5) is 12.3. The molecule has 1 amide bonds. The minimum Gasteiger partial charge on any atom is -0.495 e. The number of anilines is 2. The van der Waals surface area contributed by atoms with Crippen molar-refractivity contribution in [2.75, 3.05) is 38.0 Å². The van der Waals surface area contributed by atoms with Gasteiger partial charge >= 0.3 is 0 Å². The highest BCUT2D eigenvalue weighted by Gasteiger charge is 2.18. The second-order valence-corrected chi connectivity index (χ2v) is 7.86. The van der Waals surface area contributed by atoms with Crippen LogP contribution < -0.4 is 15.4 Å². The number of carbonyl (C=O) groups excluding carboxylic acids is 1. The fourth-order valence-electron chi connectivity index (χ4n) is 1.78. The molecule has 25 heavy (non-hydrogen) atoms. The maximum absolute atomic E-state index is 12.3. The predicted octanol–water partition coefficient (Wildman–Crippen LogP) is 3.38. The second kappa shape index (κ2) is 9.81. The third-order valence-corrected chi connectivity index (χ3v) is 5.42. The molecule has 2 aromatic rings. The highest BCUT2D eigenvalue weighted by atomic mass is 35.5. The summed E-state index contributed by atoms with van der Waals surface area (Å²) in [5.74, 6) is 0.416. The smallest absolute Gasteiger partial charge is 0.237 e. The lowest BCUT2D eigenvalue weighted by Crippen LogP contribution is -2.22. The molecular weight excluding hydrogens is 384 g/mol. The van der Waals surface area contributed by atoms with E-state index in [9.17, 15) is 4.79 Å². The highest BCUT2D eigenvalue weighted by Crippen LogP contribution is 2.30. The van der Waals surface area contributed by atoms with E-state index in [1.165, 1.54) is 23.1 Å². The minimum absolute atomic E-state index is 0.143. The van der Waals surface area contributed by atoms with Gasteiger partial charge in [-0.05, 0) is 25.1 Å². The topological polar surface area (TPSA) is 85.4 Å². The lowest BCUT2D eigenvalue weighted by molar-refractivity contribution is -0.115. The maximum Gasteiger partial charge on any atom is 0.237 e. The van der Waals surface area contributed by atoms with E-state index in [0.717, 1.165) is 4.34 Å². The van der Waals surface area contributed by atoms with Crippen LogP contribution in [0, 0.1) is 0 Å². The monoisotopic (exact) mass is 402 g/mol. The number of halogens is 1. The molecule has 0 unspecified atom stereocenters. The van der Waals surface area contributed by atoms with Crippen LogP contribution in [0.3, 0.4) is 0 Å². The van der Waals surface area contributed by atoms with Gasteiger partial charge in [-0.1, -0.05) is 34.7 Å². The Kier molecular flexibility index (Phi) is 7.76. The lowest BCUT2D eigenvalue weighted by atomic mass is 10.3. The summed E-state index contributed by atoms with van der Waals surface area (Å²) in [5.41, 5.74) is 0.613. The number of hydrogen-bond acceptors (Lipinski definition) is 8. The Morgan fingerprint density at radius 2 is 2.20 bits per heavy atom. The lowest BCUT2D eigenvalue weighted by Gasteiger charge is -2.11. The Bertz CT molecular complexity index is 714. The van der Waals surface area contributed by atoms with Crippen LogP contribution >= 0.6 is 34.7 Å². The van der Waals surface area contributed by atoms with Gasteiger partial charge < -0.3 is 20.1 Å². The molecule has 0 fully saturated rings. The van der Waals surface area contributed by atoms with Gasteiger partial charge in [-0.25, -0.2) is 0 Å². The third kappa shape index (κ3) is 6.03. The van der Waals surface area contributed by atoms with Crippen LogP contribution in [-0.2, 0) is 9.53 Å². The Morgan fingerprint density at radius 1 is 1.40 bits per heavy atom. The second-order valence-electron chi connectivity index (χ2n) is 4.89. The van der Waals surface area contributed by atoms with Crippen LogP contribution in [0.2, 0.25) is 5.02 Å². The fraction of sp³-hybridized carbons (Fsp3) is 0.400. The summed E-state index contributed by atoms with van der Waals surface area (Å²) in [7, 11) is 3.18. The first-order chi connectivity index (χ1) is 12.0.